The Balaban J connectivity index is 2.04. The van der Waals surface area contributed by atoms with Gasteiger partial charge in [-0.25, -0.2) is 9.69 Å². The van der Waals surface area contributed by atoms with Crippen LogP contribution >= 0.6 is 50.1 Å². The van der Waals surface area contributed by atoms with Crippen molar-refractivity contribution in [3.8, 4) is 5.75 Å². The predicted molar refractivity (Wildman–Crippen MR) is 109 cm³/mol. The van der Waals surface area contributed by atoms with E-state index in [4.69, 9.17) is 11.6 Å². The number of urea groups is 1. The van der Waals surface area contributed by atoms with Crippen molar-refractivity contribution in [2.45, 2.75) is 0 Å². The second-order valence-corrected chi connectivity index (χ2v) is 7.72. The van der Waals surface area contributed by atoms with Crippen LogP contribution in [-0.2, 0) is 9.59 Å². The largest absolute Gasteiger partial charge is 0.506 e. The number of amides is 4. The van der Waals surface area contributed by atoms with E-state index in [0.29, 0.717) is 18.6 Å². The molecule has 1 aliphatic rings. The summed E-state index contributed by atoms with van der Waals surface area (Å²) < 4.78 is 0.962. The minimum absolute atomic E-state index is 0.0603. The first-order valence-electron chi connectivity index (χ1n) is 7.13. The maximum Gasteiger partial charge on any atom is 0.335 e. The van der Waals surface area contributed by atoms with E-state index >= 15 is 0 Å². The summed E-state index contributed by atoms with van der Waals surface area (Å²) in [5, 5.41) is 12.4. The second-order valence-electron chi connectivity index (χ2n) is 5.27. The summed E-state index contributed by atoms with van der Waals surface area (Å²) in [6.45, 7) is 0. The average molecular weight is 548 g/mol. The van der Waals surface area contributed by atoms with E-state index in [1.165, 1.54) is 30.3 Å². The minimum Gasteiger partial charge on any atom is -0.506 e. The maximum absolute atomic E-state index is 12.8. The molecule has 0 saturated carbocycles. The first-order chi connectivity index (χ1) is 12.3. The van der Waals surface area contributed by atoms with Crippen LogP contribution in [0.15, 0.2) is 46.4 Å². The standard InChI is InChI=1S/C17H9BrClIN2O4/c18-12-6-8(7-13(20)14(12)23)5-11-15(24)21-17(26)22(16(11)25)10-3-1-9(19)2-4-10/h1-7,23H,(H,21,24,26)/b11-5-. The quantitative estimate of drug-likeness (QED) is 0.337. The fourth-order valence-electron chi connectivity index (χ4n) is 2.32. The van der Waals surface area contributed by atoms with Crippen LogP contribution in [0.2, 0.25) is 5.02 Å². The number of rotatable bonds is 2. The van der Waals surface area contributed by atoms with Gasteiger partial charge < -0.3 is 5.11 Å². The molecule has 6 nitrogen and oxygen atoms in total. The van der Waals surface area contributed by atoms with E-state index in [2.05, 4.69) is 21.2 Å². The number of phenolic OH excluding ortho intramolecular Hbond substituents is 1. The Morgan fingerprint density at radius 3 is 2.42 bits per heavy atom. The summed E-state index contributed by atoms with van der Waals surface area (Å²) in [5.74, 6) is -1.48. The molecule has 1 heterocycles. The molecule has 26 heavy (non-hydrogen) atoms. The van der Waals surface area contributed by atoms with E-state index in [0.717, 1.165) is 4.90 Å². The topological polar surface area (TPSA) is 86.7 Å². The average Bonchev–Trinajstić information content (AvgIpc) is 2.58. The lowest BCUT2D eigenvalue weighted by molar-refractivity contribution is -0.122. The fraction of sp³-hybridized carbons (Fsp3) is 0. The van der Waals surface area contributed by atoms with Gasteiger partial charge >= 0.3 is 6.03 Å². The van der Waals surface area contributed by atoms with Gasteiger partial charge in [-0.1, -0.05) is 11.6 Å². The highest BCUT2D eigenvalue weighted by Gasteiger charge is 2.36. The van der Waals surface area contributed by atoms with E-state index in [9.17, 15) is 19.5 Å². The first kappa shape index (κ1) is 18.9. The van der Waals surface area contributed by atoms with Crippen molar-refractivity contribution in [1.29, 1.82) is 0 Å². The number of anilines is 1. The number of nitrogens with zero attached hydrogens (tertiary/aromatic N) is 1. The van der Waals surface area contributed by atoms with E-state index in [-0.39, 0.29) is 17.0 Å². The van der Waals surface area contributed by atoms with Crippen LogP contribution in [0, 0.1) is 3.57 Å². The summed E-state index contributed by atoms with van der Waals surface area (Å²) in [5.41, 5.74) is 0.604. The molecule has 2 aromatic carbocycles. The summed E-state index contributed by atoms with van der Waals surface area (Å²) in [6.07, 6.45) is 1.36. The molecule has 1 aliphatic heterocycles. The Morgan fingerprint density at radius 2 is 1.81 bits per heavy atom. The lowest BCUT2D eigenvalue weighted by Crippen LogP contribution is -2.54. The zero-order valence-electron chi connectivity index (χ0n) is 12.8. The van der Waals surface area contributed by atoms with Crippen LogP contribution in [0.3, 0.4) is 0 Å². The molecule has 0 atom stereocenters. The number of barbiturate groups is 1. The number of nitrogens with one attached hydrogen (secondary N) is 1. The molecule has 9 heteroatoms. The summed E-state index contributed by atoms with van der Waals surface area (Å²) >= 11 is 11.0. The molecule has 2 aromatic rings. The van der Waals surface area contributed by atoms with Crippen molar-refractivity contribution < 1.29 is 19.5 Å². The Hall–Kier alpha value is -1.91. The molecule has 0 bridgehead atoms. The van der Waals surface area contributed by atoms with E-state index < -0.39 is 17.8 Å². The number of carbonyl (C=O) groups is 3. The number of hydrogen-bond acceptors (Lipinski definition) is 4. The van der Waals surface area contributed by atoms with Gasteiger partial charge in [0.05, 0.1) is 13.7 Å². The zero-order valence-corrected chi connectivity index (χ0v) is 17.3. The second kappa shape index (κ2) is 7.37. The van der Waals surface area contributed by atoms with Crippen LogP contribution in [-0.4, -0.2) is 23.0 Å². The van der Waals surface area contributed by atoms with Crippen molar-refractivity contribution in [2.75, 3.05) is 4.90 Å². The van der Waals surface area contributed by atoms with Crippen LogP contribution in [0.1, 0.15) is 5.56 Å². The number of imide groups is 2. The van der Waals surface area contributed by atoms with Crippen molar-refractivity contribution in [3.05, 3.63) is 60.6 Å². The molecule has 0 spiro atoms. The monoisotopic (exact) mass is 546 g/mol. The van der Waals surface area contributed by atoms with Gasteiger partial charge in [-0.05, 0) is 86.6 Å². The molecule has 2 N–H and O–H groups in total. The van der Waals surface area contributed by atoms with Gasteiger partial charge in [-0.3, -0.25) is 14.9 Å². The molecule has 132 valence electrons. The Labute approximate surface area is 175 Å². The molecule has 3 rings (SSSR count). The molecular formula is C17H9BrClIN2O4. The summed E-state index contributed by atoms with van der Waals surface area (Å²) in [6, 6.07) is 8.43. The Bertz CT molecular complexity index is 952. The van der Waals surface area contributed by atoms with E-state index in [1.807, 2.05) is 22.6 Å². The van der Waals surface area contributed by atoms with Crippen LogP contribution in [0.4, 0.5) is 10.5 Å². The SMILES string of the molecule is O=C1NC(=O)N(c2ccc(Cl)cc2)C(=O)/C1=C\c1cc(Br)c(O)c(I)c1. The fourth-order valence-corrected chi connectivity index (χ4v) is 3.94. The van der Waals surface area contributed by atoms with Gasteiger partial charge in [-0.15, -0.1) is 0 Å². The Morgan fingerprint density at radius 1 is 1.15 bits per heavy atom. The van der Waals surface area contributed by atoms with Crippen LogP contribution < -0.4 is 10.2 Å². The van der Waals surface area contributed by atoms with Crippen LogP contribution in [0.5, 0.6) is 5.75 Å². The molecule has 0 unspecified atom stereocenters. The van der Waals surface area contributed by atoms with Crippen molar-refractivity contribution in [3.63, 3.8) is 0 Å². The molecule has 0 aromatic heterocycles. The number of halogens is 3. The van der Waals surface area contributed by atoms with Gasteiger partial charge in [0.15, 0.2) is 0 Å². The highest BCUT2D eigenvalue weighted by atomic mass is 127. The lowest BCUT2D eigenvalue weighted by atomic mass is 10.1. The van der Waals surface area contributed by atoms with Crippen LogP contribution in [0.25, 0.3) is 6.08 Å². The third kappa shape index (κ3) is 3.62. The number of carbonyl (C=O) groups excluding carboxylic acids is 3. The summed E-state index contributed by atoms with van der Waals surface area (Å²) in [4.78, 5) is 37.9. The van der Waals surface area contributed by atoms with Gasteiger partial charge in [0.25, 0.3) is 11.8 Å². The highest BCUT2D eigenvalue weighted by Crippen LogP contribution is 2.32. The number of phenols is 1. The van der Waals surface area contributed by atoms with E-state index in [1.54, 1.807) is 12.1 Å². The van der Waals surface area contributed by atoms with Gasteiger partial charge in [0.2, 0.25) is 0 Å². The highest BCUT2D eigenvalue weighted by molar-refractivity contribution is 14.1. The maximum atomic E-state index is 12.8. The van der Waals surface area contributed by atoms with Gasteiger partial charge in [-0.2, -0.15) is 0 Å². The molecular weight excluding hydrogens is 538 g/mol. The normalized spacial score (nSPS) is 16.2. The third-order valence-corrected chi connectivity index (χ3v) is 5.22. The predicted octanol–water partition coefficient (Wildman–Crippen LogP) is 4.08. The Kier molecular flexibility index (Phi) is 5.35. The van der Waals surface area contributed by atoms with Crippen molar-refractivity contribution in [2.24, 2.45) is 0 Å². The molecule has 1 fully saturated rings. The molecule has 0 radical (unpaired) electrons. The van der Waals surface area contributed by atoms with Crippen molar-refractivity contribution in [1.82, 2.24) is 5.32 Å². The van der Waals surface area contributed by atoms with Crippen molar-refractivity contribution >= 4 is 79.7 Å². The van der Waals surface area contributed by atoms with Gasteiger partial charge in [0, 0.05) is 5.02 Å². The summed E-state index contributed by atoms with van der Waals surface area (Å²) in [7, 11) is 0. The minimum atomic E-state index is -0.832. The smallest absolute Gasteiger partial charge is 0.335 e. The number of aromatic hydroxyl groups is 1. The lowest BCUT2D eigenvalue weighted by Gasteiger charge is -2.26. The number of benzene rings is 2. The number of hydrogen-bond donors (Lipinski definition) is 2. The molecule has 1 saturated heterocycles. The molecule has 0 aliphatic carbocycles. The van der Waals surface area contributed by atoms with Gasteiger partial charge in [0.1, 0.15) is 11.3 Å². The third-order valence-electron chi connectivity index (χ3n) is 3.54. The molecule has 4 amide bonds. The zero-order chi connectivity index (χ0) is 19.0. The first-order valence-corrected chi connectivity index (χ1v) is 9.38.